The SMILES string of the molecule is C.COc1ccc(-c2cc3ncccc3c(Cl)n2)cc1.COc1ccc(-c2cc3ncccc3c(NCCN)n2)cc1. The van der Waals surface area contributed by atoms with Crippen LogP contribution < -0.4 is 20.5 Å². The van der Waals surface area contributed by atoms with Gasteiger partial charge in [-0.15, -0.1) is 0 Å². The number of hydrogen-bond acceptors (Lipinski definition) is 8. The number of anilines is 1. The maximum Gasteiger partial charge on any atom is 0.139 e. The molecule has 0 aliphatic heterocycles. The zero-order chi connectivity index (χ0) is 28.6. The van der Waals surface area contributed by atoms with E-state index in [0.29, 0.717) is 18.2 Å². The lowest BCUT2D eigenvalue weighted by Gasteiger charge is -2.11. The van der Waals surface area contributed by atoms with Gasteiger partial charge in [-0.05, 0) is 84.9 Å². The normalized spacial score (nSPS) is 10.4. The molecule has 0 unspecified atom stereocenters. The highest BCUT2D eigenvalue weighted by Gasteiger charge is 2.09. The number of benzene rings is 2. The number of pyridine rings is 4. The van der Waals surface area contributed by atoms with Crippen molar-refractivity contribution in [1.82, 2.24) is 19.9 Å². The maximum absolute atomic E-state index is 6.19. The lowest BCUT2D eigenvalue weighted by Crippen LogP contribution is -2.14. The van der Waals surface area contributed by atoms with Gasteiger partial charge in [-0.3, -0.25) is 9.97 Å². The number of fused-ring (bicyclic) bond motifs is 2. The molecule has 4 heterocycles. The average Bonchev–Trinajstić information content (AvgIpc) is 3.04. The molecule has 0 saturated carbocycles. The molecule has 3 N–H and O–H groups in total. The first-order chi connectivity index (χ1) is 20.1. The fourth-order valence-corrected chi connectivity index (χ4v) is 4.51. The van der Waals surface area contributed by atoms with Gasteiger partial charge in [-0.25, -0.2) is 9.97 Å². The van der Waals surface area contributed by atoms with Crippen LogP contribution in [0, 0.1) is 0 Å². The van der Waals surface area contributed by atoms with Gasteiger partial charge >= 0.3 is 0 Å². The molecule has 0 saturated heterocycles. The van der Waals surface area contributed by atoms with E-state index in [1.54, 1.807) is 26.6 Å². The van der Waals surface area contributed by atoms with Crippen LogP contribution >= 0.6 is 11.6 Å². The van der Waals surface area contributed by atoms with Gasteiger partial charge in [0.25, 0.3) is 0 Å². The van der Waals surface area contributed by atoms with Crippen molar-refractivity contribution >= 4 is 39.2 Å². The number of nitrogens with two attached hydrogens (primary N) is 1. The van der Waals surface area contributed by atoms with E-state index >= 15 is 0 Å². The number of nitrogens with one attached hydrogen (secondary N) is 1. The molecule has 0 atom stereocenters. The third-order valence-corrected chi connectivity index (χ3v) is 6.65. The number of rotatable bonds is 7. The molecule has 0 amide bonds. The molecule has 8 nitrogen and oxygen atoms in total. The van der Waals surface area contributed by atoms with Crippen LogP contribution in [0.2, 0.25) is 5.15 Å². The summed E-state index contributed by atoms with van der Waals surface area (Å²) in [6, 6.07) is 27.1. The van der Waals surface area contributed by atoms with Crippen LogP contribution in [0.3, 0.4) is 0 Å². The Morgan fingerprint density at radius 1 is 0.714 bits per heavy atom. The second-order valence-electron chi connectivity index (χ2n) is 8.97. The van der Waals surface area contributed by atoms with Crippen molar-refractivity contribution in [3.05, 3.63) is 102 Å². The Morgan fingerprint density at radius 2 is 1.21 bits per heavy atom. The molecule has 0 fully saturated rings. The van der Waals surface area contributed by atoms with Crippen molar-refractivity contribution in [1.29, 1.82) is 0 Å². The molecule has 4 aromatic heterocycles. The van der Waals surface area contributed by atoms with Crippen molar-refractivity contribution in [2.75, 3.05) is 32.6 Å². The molecule has 214 valence electrons. The highest BCUT2D eigenvalue weighted by Crippen LogP contribution is 2.29. The summed E-state index contributed by atoms with van der Waals surface area (Å²) in [6.45, 7) is 1.22. The smallest absolute Gasteiger partial charge is 0.139 e. The lowest BCUT2D eigenvalue weighted by atomic mass is 10.1. The van der Waals surface area contributed by atoms with Crippen molar-refractivity contribution in [3.63, 3.8) is 0 Å². The van der Waals surface area contributed by atoms with Crippen LogP contribution in [-0.2, 0) is 0 Å². The summed E-state index contributed by atoms with van der Waals surface area (Å²) in [6.07, 6.45) is 3.53. The van der Waals surface area contributed by atoms with E-state index in [2.05, 4.69) is 20.3 Å². The zero-order valence-electron chi connectivity index (χ0n) is 22.7. The van der Waals surface area contributed by atoms with Gasteiger partial charge in [0, 0.05) is 47.4 Å². The van der Waals surface area contributed by atoms with Crippen LogP contribution in [0.1, 0.15) is 7.43 Å². The standard InChI is InChI=1S/C17H18N4O.C15H11ClN2O.CH4/c1-22-13-6-4-12(5-7-13)15-11-16-14(3-2-9-19-16)17(21-15)20-10-8-18;1-19-11-6-4-10(5-7-11)13-9-14-12(15(16)18-13)3-2-8-17-14;/h2-7,9,11H,8,10,18H2,1H3,(H,20,21);2-9H,1H3;1H4. The van der Waals surface area contributed by atoms with E-state index in [4.69, 9.17) is 31.8 Å². The number of nitrogens with zero attached hydrogens (tertiary/aromatic N) is 4. The highest BCUT2D eigenvalue weighted by atomic mass is 35.5. The van der Waals surface area contributed by atoms with E-state index in [1.165, 1.54) is 0 Å². The Bertz CT molecular complexity index is 1760. The topological polar surface area (TPSA) is 108 Å². The summed E-state index contributed by atoms with van der Waals surface area (Å²) in [7, 11) is 3.30. The number of hydrogen-bond donors (Lipinski definition) is 2. The Labute approximate surface area is 250 Å². The van der Waals surface area contributed by atoms with E-state index in [0.717, 1.165) is 61.6 Å². The average molecular weight is 581 g/mol. The fourth-order valence-electron chi connectivity index (χ4n) is 4.25. The van der Waals surface area contributed by atoms with Crippen LogP contribution in [-0.4, -0.2) is 47.2 Å². The molecule has 9 heteroatoms. The molecule has 0 aliphatic rings. The summed E-state index contributed by atoms with van der Waals surface area (Å²) in [5.74, 6) is 2.44. The molecular formula is C33H33ClN6O2. The minimum absolute atomic E-state index is 0. The minimum atomic E-state index is 0. The molecule has 0 radical (unpaired) electrons. The molecule has 6 rings (SSSR count). The highest BCUT2D eigenvalue weighted by molar-refractivity contribution is 6.34. The molecule has 0 spiro atoms. The molecular weight excluding hydrogens is 548 g/mol. The summed E-state index contributed by atoms with van der Waals surface area (Å²) in [5, 5.41) is 5.59. The van der Waals surface area contributed by atoms with Crippen molar-refractivity contribution < 1.29 is 9.47 Å². The van der Waals surface area contributed by atoms with E-state index in [1.807, 2.05) is 84.9 Å². The molecule has 0 bridgehead atoms. The number of aromatic nitrogens is 4. The second kappa shape index (κ2) is 14.2. The largest absolute Gasteiger partial charge is 0.497 e. The molecule has 42 heavy (non-hydrogen) atoms. The Morgan fingerprint density at radius 3 is 1.74 bits per heavy atom. The monoisotopic (exact) mass is 580 g/mol. The minimum Gasteiger partial charge on any atom is -0.497 e. The van der Waals surface area contributed by atoms with Gasteiger partial charge in [0.15, 0.2) is 0 Å². The molecule has 0 aliphatic carbocycles. The van der Waals surface area contributed by atoms with Crippen molar-refractivity contribution in [2.24, 2.45) is 5.73 Å². The predicted octanol–water partition coefficient (Wildman–Crippen LogP) is 7.27. The maximum atomic E-state index is 6.19. The number of methoxy groups -OCH3 is 2. The first kappa shape index (κ1) is 30.2. The van der Waals surface area contributed by atoms with Gasteiger partial charge in [-0.2, -0.15) is 0 Å². The number of ether oxygens (including phenoxy) is 2. The van der Waals surface area contributed by atoms with E-state index in [-0.39, 0.29) is 7.43 Å². The van der Waals surface area contributed by atoms with Gasteiger partial charge in [-0.1, -0.05) is 19.0 Å². The van der Waals surface area contributed by atoms with Crippen LogP contribution in [0.4, 0.5) is 5.82 Å². The molecule has 6 aromatic rings. The van der Waals surface area contributed by atoms with Crippen molar-refractivity contribution in [3.8, 4) is 34.0 Å². The van der Waals surface area contributed by atoms with Gasteiger partial charge in [0.2, 0.25) is 0 Å². The van der Waals surface area contributed by atoms with Crippen LogP contribution in [0.15, 0.2) is 97.3 Å². The van der Waals surface area contributed by atoms with Crippen LogP contribution in [0.5, 0.6) is 11.5 Å². The molecule has 2 aromatic carbocycles. The third-order valence-electron chi connectivity index (χ3n) is 6.36. The van der Waals surface area contributed by atoms with Crippen molar-refractivity contribution in [2.45, 2.75) is 7.43 Å². The van der Waals surface area contributed by atoms with Gasteiger partial charge in [0.05, 0.1) is 36.6 Å². The number of halogens is 1. The zero-order valence-corrected chi connectivity index (χ0v) is 23.5. The lowest BCUT2D eigenvalue weighted by molar-refractivity contribution is 0.415. The first-order valence-electron chi connectivity index (χ1n) is 13.0. The Kier molecular flexibility index (Phi) is 10.2. The second-order valence-corrected chi connectivity index (χ2v) is 9.33. The predicted molar refractivity (Wildman–Crippen MR) is 172 cm³/mol. The summed E-state index contributed by atoms with van der Waals surface area (Å²) < 4.78 is 10.3. The van der Waals surface area contributed by atoms with Gasteiger partial charge in [0.1, 0.15) is 22.5 Å². The van der Waals surface area contributed by atoms with E-state index in [9.17, 15) is 0 Å². The third kappa shape index (κ3) is 6.91. The van der Waals surface area contributed by atoms with Crippen LogP contribution in [0.25, 0.3) is 44.3 Å². The Hall–Kier alpha value is -4.79. The summed E-state index contributed by atoms with van der Waals surface area (Å²) in [4.78, 5) is 17.9. The van der Waals surface area contributed by atoms with Gasteiger partial charge < -0.3 is 20.5 Å². The van der Waals surface area contributed by atoms with E-state index < -0.39 is 0 Å². The first-order valence-corrected chi connectivity index (χ1v) is 13.4. The Balaban J connectivity index is 0.000000190. The summed E-state index contributed by atoms with van der Waals surface area (Å²) >= 11 is 6.19. The quantitative estimate of drug-likeness (QED) is 0.190. The fraction of sp³-hybridized carbons (Fsp3) is 0.152. The summed E-state index contributed by atoms with van der Waals surface area (Å²) in [5.41, 5.74) is 11.0.